The molecular weight excluding hydrogens is 281 g/mol. The lowest BCUT2D eigenvalue weighted by Crippen LogP contribution is -2.34. The molecule has 0 heterocycles. The third kappa shape index (κ3) is 3.77. The van der Waals surface area contributed by atoms with Crippen LogP contribution >= 0.6 is 0 Å². The second-order valence-electron chi connectivity index (χ2n) is 5.32. The number of aliphatic hydroxyl groups is 1. The highest BCUT2D eigenvalue weighted by molar-refractivity contribution is 7.89. The fraction of sp³-hybridized carbons (Fsp3) is 0.571. The lowest BCUT2D eigenvalue weighted by Gasteiger charge is -2.17. The molecule has 2 rings (SSSR count). The molecule has 0 amide bonds. The van der Waals surface area contributed by atoms with Crippen molar-refractivity contribution in [1.82, 2.24) is 4.72 Å². The minimum Gasteiger partial charge on any atom is -0.392 e. The number of nitrogens with one attached hydrogen (secondary N) is 1. The average molecular weight is 301 g/mol. The molecule has 0 spiro atoms. The number of hydrogen-bond donors (Lipinski definition) is 2. The molecule has 2 N–H and O–H groups in total. The minimum atomic E-state index is -3.67. The third-order valence-corrected chi connectivity index (χ3v) is 5.15. The van der Waals surface area contributed by atoms with Crippen molar-refractivity contribution in [3.8, 4) is 0 Å². The zero-order valence-corrected chi connectivity index (χ0v) is 12.3. The van der Waals surface area contributed by atoms with E-state index in [2.05, 4.69) is 4.72 Å². The third-order valence-electron chi connectivity index (χ3n) is 3.63. The van der Waals surface area contributed by atoms with Crippen LogP contribution in [0.2, 0.25) is 0 Å². The van der Waals surface area contributed by atoms with Gasteiger partial charge in [0.2, 0.25) is 10.0 Å². The molecular formula is C14H20FNO3S. The Bertz CT molecular complexity index is 570. The molecule has 0 saturated heterocycles. The van der Waals surface area contributed by atoms with Gasteiger partial charge in [0.1, 0.15) is 5.82 Å². The molecule has 0 radical (unpaired) electrons. The highest BCUT2D eigenvalue weighted by Crippen LogP contribution is 2.34. The molecule has 20 heavy (non-hydrogen) atoms. The van der Waals surface area contributed by atoms with E-state index in [-0.39, 0.29) is 16.5 Å². The van der Waals surface area contributed by atoms with E-state index in [9.17, 15) is 12.8 Å². The SMILES string of the molecule is CCC(CC1CC1)NS(=O)(=O)c1ccc(F)c(CO)c1. The summed E-state index contributed by atoms with van der Waals surface area (Å²) in [4.78, 5) is -0.00260. The molecule has 1 atom stereocenters. The molecule has 1 aromatic carbocycles. The van der Waals surface area contributed by atoms with Crippen LogP contribution in [0.3, 0.4) is 0 Å². The fourth-order valence-electron chi connectivity index (χ4n) is 2.18. The van der Waals surface area contributed by atoms with E-state index in [0.29, 0.717) is 5.92 Å². The summed E-state index contributed by atoms with van der Waals surface area (Å²) in [7, 11) is -3.67. The predicted octanol–water partition coefficient (Wildman–Crippen LogP) is 2.17. The number of halogens is 1. The van der Waals surface area contributed by atoms with Crippen LogP contribution in [0.5, 0.6) is 0 Å². The van der Waals surface area contributed by atoms with Crippen LogP contribution in [0.15, 0.2) is 23.1 Å². The summed E-state index contributed by atoms with van der Waals surface area (Å²) in [6.45, 7) is 1.42. The normalized spacial score (nSPS) is 17.1. The van der Waals surface area contributed by atoms with E-state index in [4.69, 9.17) is 5.11 Å². The summed E-state index contributed by atoms with van der Waals surface area (Å²) < 4.78 is 40.5. The van der Waals surface area contributed by atoms with Gasteiger partial charge in [0.05, 0.1) is 11.5 Å². The topological polar surface area (TPSA) is 66.4 Å². The lowest BCUT2D eigenvalue weighted by molar-refractivity contribution is 0.275. The number of sulfonamides is 1. The maximum atomic E-state index is 13.3. The first-order valence-electron chi connectivity index (χ1n) is 6.88. The fourth-order valence-corrected chi connectivity index (χ4v) is 3.56. The largest absolute Gasteiger partial charge is 0.392 e. The Kier molecular flexibility index (Phi) is 4.78. The molecule has 6 heteroatoms. The van der Waals surface area contributed by atoms with Crippen molar-refractivity contribution in [2.45, 2.75) is 50.2 Å². The van der Waals surface area contributed by atoms with Gasteiger partial charge >= 0.3 is 0 Å². The van der Waals surface area contributed by atoms with Gasteiger partial charge in [-0.25, -0.2) is 17.5 Å². The zero-order chi connectivity index (χ0) is 14.8. The van der Waals surface area contributed by atoms with Crippen LogP contribution in [-0.4, -0.2) is 19.6 Å². The van der Waals surface area contributed by atoms with E-state index in [0.717, 1.165) is 18.9 Å². The van der Waals surface area contributed by atoms with E-state index in [1.807, 2.05) is 6.92 Å². The number of benzene rings is 1. The Balaban J connectivity index is 2.15. The standard InChI is InChI=1S/C14H20FNO3S/c1-2-12(7-10-3-4-10)16-20(18,19)13-5-6-14(15)11(8-13)9-17/h5-6,8,10,12,16-17H,2-4,7,9H2,1H3. The molecule has 112 valence electrons. The van der Waals surface area contributed by atoms with Crippen LogP contribution < -0.4 is 4.72 Å². The van der Waals surface area contributed by atoms with Gasteiger partial charge < -0.3 is 5.11 Å². The van der Waals surface area contributed by atoms with E-state index in [1.165, 1.54) is 25.0 Å². The van der Waals surface area contributed by atoms with Crippen molar-refractivity contribution in [2.75, 3.05) is 0 Å². The number of aliphatic hydroxyl groups excluding tert-OH is 1. The van der Waals surface area contributed by atoms with Gasteiger partial charge in [-0.2, -0.15) is 0 Å². The number of hydrogen-bond acceptors (Lipinski definition) is 3. The maximum absolute atomic E-state index is 13.3. The van der Waals surface area contributed by atoms with Gasteiger partial charge in [-0.1, -0.05) is 19.8 Å². The van der Waals surface area contributed by atoms with Crippen molar-refractivity contribution >= 4 is 10.0 Å². The highest BCUT2D eigenvalue weighted by Gasteiger charge is 2.27. The lowest BCUT2D eigenvalue weighted by atomic mass is 10.1. The van der Waals surface area contributed by atoms with Crippen LogP contribution in [0.4, 0.5) is 4.39 Å². The van der Waals surface area contributed by atoms with Crippen molar-refractivity contribution in [2.24, 2.45) is 5.92 Å². The second kappa shape index (κ2) is 6.20. The minimum absolute atomic E-state index is 0.00260. The Morgan fingerprint density at radius 3 is 2.70 bits per heavy atom. The average Bonchev–Trinajstić information content (AvgIpc) is 3.22. The molecule has 1 aromatic rings. The van der Waals surface area contributed by atoms with Gasteiger partial charge in [-0.15, -0.1) is 0 Å². The summed E-state index contributed by atoms with van der Waals surface area (Å²) in [6.07, 6.45) is 3.92. The summed E-state index contributed by atoms with van der Waals surface area (Å²) in [5.74, 6) is 0.0281. The molecule has 1 fully saturated rings. The van der Waals surface area contributed by atoms with Crippen molar-refractivity contribution in [3.05, 3.63) is 29.6 Å². The first kappa shape index (κ1) is 15.4. The van der Waals surface area contributed by atoms with E-state index < -0.39 is 22.4 Å². The van der Waals surface area contributed by atoms with Gasteiger partial charge in [-0.05, 0) is 37.0 Å². The van der Waals surface area contributed by atoms with Crippen molar-refractivity contribution in [3.63, 3.8) is 0 Å². The van der Waals surface area contributed by atoms with Gasteiger partial charge in [-0.3, -0.25) is 0 Å². The van der Waals surface area contributed by atoms with Gasteiger partial charge in [0.15, 0.2) is 0 Å². The van der Waals surface area contributed by atoms with Crippen LogP contribution in [0.1, 0.15) is 38.2 Å². The molecule has 0 bridgehead atoms. The maximum Gasteiger partial charge on any atom is 0.240 e. The first-order chi connectivity index (χ1) is 9.46. The van der Waals surface area contributed by atoms with Crippen LogP contribution in [0.25, 0.3) is 0 Å². The molecule has 0 aromatic heterocycles. The van der Waals surface area contributed by atoms with E-state index >= 15 is 0 Å². The van der Waals surface area contributed by atoms with Crippen molar-refractivity contribution < 1.29 is 17.9 Å². The van der Waals surface area contributed by atoms with Gasteiger partial charge in [0, 0.05) is 11.6 Å². The molecule has 4 nitrogen and oxygen atoms in total. The van der Waals surface area contributed by atoms with E-state index in [1.54, 1.807) is 0 Å². The van der Waals surface area contributed by atoms with Crippen LogP contribution in [0, 0.1) is 11.7 Å². The molecule has 1 aliphatic carbocycles. The Morgan fingerprint density at radius 2 is 2.15 bits per heavy atom. The second-order valence-corrected chi connectivity index (χ2v) is 7.03. The Hall–Kier alpha value is -0.980. The summed E-state index contributed by atoms with van der Waals surface area (Å²) in [5.41, 5.74) is -0.0110. The molecule has 0 aliphatic heterocycles. The number of rotatable bonds is 7. The molecule has 1 unspecified atom stereocenters. The smallest absolute Gasteiger partial charge is 0.240 e. The monoisotopic (exact) mass is 301 g/mol. The molecule has 1 saturated carbocycles. The summed E-state index contributed by atoms with van der Waals surface area (Å²) in [6, 6.07) is 3.39. The molecule has 1 aliphatic rings. The van der Waals surface area contributed by atoms with Crippen molar-refractivity contribution in [1.29, 1.82) is 0 Å². The Labute approximate surface area is 119 Å². The zero-order valence-electron chi connectivity index (χ0n) is 11.5. The highest BCUT2D eigenvalue weighted by atomic mass is 32.2. The quantitative estimate of drug-likeness (QED) is 0.811. The summed E-state index contributed by atoms with van der Waals surface area (Å²) >= 11 is 0. The summed E-state index contributed by atoms with van der Waals surface area (Å²) in [5, 5.41) is 9.01. The van der Waals surface area contributed by atoms with Gasteiger partial charge in [0.25, 0.3) is 0 Å². The Morgan fingerprint density at radius 1 is 1.45 bits per heavy atom. The first-order valence-corrected chi connectivity index (χ1v) is 8.36. The predicted molar refractivity (Wildman–Crippen MR) is 74.1 cm³/mol. The van der Waals surface area contributed by atoms with Crippen LogP contribution in [-0.2, 0) is 16.6 Å².